The molecular weight excluding hydrogens is 262 g/mol. The molecule has 0 radical (unpaired) electrons. The molecule has 0 saturated carbocycles. The summed E-state index contributed by atoms with van der Waals surface area (Å²) < 4.78 is 10.3. The van der Waals surface area contributed by atoms with E-state index >= 15 is 0 Å². The third-order valence-electron chi connectivity index (χ3n) is 2.67. The first kappa shape index (κ1) is 14.2. The Morgan fingerprint density at radius 2 is 2.26 bits per heavy atom. The summed E-state index contributed by atoms with van der Waals surface area (Å²) in [6.45, 7) is 4.55. The van der Waals surface area contributed by atoms with Crippen molar-refractivity contribution in [1.29, 1.82) is 0 Å². The van der Waals surface area contributed by atoms with Gasteiger partial charge in [-0.1, -0.05) is 11.3 Å². The van der Waals surface area contributed by atoms with Crippen molar-refractivity contribution in [2.45, 2.75) is 19.8 Å². The second kappa shape index (κ2) is 7.37. The van der Waals surface area contributed by atoms with E-state index in [1.807, 2.05) is 13.0 Å². The number of aryl methyl sites for hydroxylation is 2. The third kappa shape index (κ3) is 4.41. The minimum Gasteiger partial charge on any atom is -0.469 e. The summed E-state index contributed by atoms with van der Waals surface area (Å²) in [5.41, 5.74) is 1.01. The van der Waals surface area contributed by atoms with Gasteiger partial charge in [-0.15, -0.1) is 10.2 Å². The highest BCUT2D eigenvalue weighted by Gasteiger charge is 2.08. The van der Waals surface area contributed by atoms with Crippen LogP contribution >= 0.6 is 11.3 Å². The summed E-state index contributed by atoms with van der Waals surface area (Å²) in [6, 6.07) is 1.98. The van der Waals surface area contributed by atoms with Crippen LogP contribution in [0.25, 0.3) is 10.6 Å². The molecule has 0 amide bonds. The molecule has 5 nitrogen and oxygen atoms in total. The molecule has 2 aromatic heterocycles. The zero-order chi connectivity index (χ0) is 13.5. The van der Waals surface area contributed by atoms with Crippen LogP contribution in [0.4, 0.5) is 0 Å². The lowest BCUT2D eigenvalue weighted by Crippen LogP contribution is -2.20. The van der Waals surface area contributed by atoms with Gasteiger partial charge in [-0.05, 0) is 26.0 Å². The molecule has 2 heterocycles. The van der Waals surface area contributed by atoms with Gasteiger partial charge in [-0.3, -0.25) is 0 Å². The van der Waals surface area contributed by atoms with E-state index in [2.05, 4.69) is 15.5 Å². The van der Waals surface area contributed by atoms with Crippen LogP contribution in [-0.4, -0.2) is 37.0 Å². The monoisotopic (exact) mass is 281 g/mol. The smallest absolute Gasteiger partial charge is 0.151 e. The first-order valence-electron chi connectivity index (χ1n) is 6.37. The summed E-state index contributed by atoms with van der Waals surface area (Å²) in [6.07, 6.45) is 3.74. The summed E-state index contributed by atoms with van der Waals surface area (Å²) in [5, 5.41) is 13.7. The van der Waals surface area contributed by atoms with Gasteiger partial charge in [0.2, 0.25) is 0 Å². The van der Waals surface area contributed by atoms with Crippen LogP contribution in [0, 0.1) is 6.92 Å². The van der Waals surface area contributed by atoms with E-state index in [-0.39, 0.29) is 0 Å². The number of rotatable bonds is 8. The number of methoxy groups -OCH3 is 1. The van der Waals surface area contributed by atoms with E-state index in [0.717, 1.165) is 53.9 Å². The molecule has 1 N–H and O–H groups in total. The van der Waals surface area contributed by atoms with Gasteiger partial charge in [0, 0.05) is 20.1 Å². The predicted octanol–water partition coefficient (Wildman–Crippen LogP) is 2.28. The van der Waals surface area contributed by atoms with Gasteiger partial charge in [0.15, 0.2) is 5.01 Å². The fraction of sp³-hybridized carbons (Fsp3) is 0.538. The molecule has 0 fully saturated rings. The number of nitrogens with zero attached hydrogens (tertiary/aromatic N) is 2. The first-order valence-corrected chi connectivity index (χ1v) is 7.19. The molecule has 0 aliphatic heterocycles. The van der Waals surface area contributed by atoms with E-state index in [4.69, 9.17) is 9.15 Å². The summed E-state index contributed by atoms with van der Waals surface area (Å²) in [5.74, 6) is 0.897. The number of hydrogen-bond donors (Lipinski definition) is 1. The topological polar surface area (TPSA) is 60.2 Å². The van der Waals surface area contributed by atoms with Gasteiger partial charge in [0.1, 0.15) is 17.0 Å². The highest BCUT2D eigenvalue weighted by atomic mass is 32.1. The second-order valence-electron chi connectivity index (χ2n) is 4.29. The molecule has 0 bridgehead atoms. The Morgan fingerprint density at radius 1 is 1.37 bits per heavy atom. The lowest BCUT2D eigenvalue weighted by atomic mass is 10.3. The standard InChI is InChI=1S/C13H19N3O2S/c1-10-8-11(9-18-10)13-16-15-12(19-13)4-3-5-14-6-7-17-2/h8-9,14H,3-7H2,1-2H3. The number of ether oxygens (including phenoxy) is 1. The molecule has 0 aliphatic rings. The van der Waals surface area contributed by atoms with Crippen LogP contribution in [0.3, 0.4) is 0 Å². The van der Waals surface area contributed by atoms with Crippen molar-refractivity contribution in [3.63, 3.8) is 0 Å². The zero-order valence-electron chi connectivity index (χ0n) is 11.3. The van der Waals surface area contributed by atoms with Gasteiger partial charge in [0.25, 0.3) is 0 Å². The van der Waals surface area contributed by atoms with Crippen LogP contribution in [0.15, 0.2) is 16.7 Å². The number of nitrogens with one attached hydrogen (secondary N) is 1. The van der Waals surface area contributed by atoms with Crippen molar-refractivity contribution >= 4 is 11.3 Å². The molecule has 6 heteroatoms. The predicted molar refractivity (Wildman–Crippen MR) is 75.4 cm³/mol. The van der Waals surface area contributed by atoms with E-state index in [9.17, 15) is 0 Å². The minimum atomic E-state index is 0.753. The first-order chi connectivity index (χ1) is 9.29. The summed E-state index contributed by atoms with van der Waals surface area (Å²) >= 11 is 1.63. The molecular formula is C13H19N3O2S. The summed E-state index contributed by atoms with van der Waals surface area (Å²) in [4.78, 5) is 0. The third-order valence-corrected chi connectivity index (χ3v) is 3.70. The summed E-state index contributed by atoms with van der Waals surface area (Å²) in [7, 11) is 1.71. The molecule has 0 saturated heterocycles. The van der Waals surface area contributed by atoms with Crippen molar-refractivity contribution < 1.29 is 9.15 Å². The second-order valence-corrected chi connectivity index (χ2v) is 5.36. The number of aromatic nitrogens is 2. The normalized spacial score (nSPS) is 11.1. The van der Waals surface area contributed by atoms with Gasteiger partial charge >= 0.3 is 0 Å². The molecule has 0 atom stereocenters. The van der Waals surface area contributed by atoms with E-state index in [0.29, 0.717) is 0 Å². The van der Waals surface area contributed by atoms with Crippen molar-refractivity contribution in [1.82, 2.24) is 15.5 Å². The lowest BCUT2D eigenvalue weighted by Gasteiger charge is -2.01. The van der Waals surface area contributed by atoms with Crippen molar-refractivity contribution in [3.8, 4) is 10.6 Å². The fourth-order valence-corrected chi connectivity index (χ4v) is 2.55. The van der Waals surface area contributed by atoms with Gasteiger partial charge < -0.3 is 14.5 Å². The van der Waals surface area contributed by atoms with E-state index < -0.39 is 0 Å². The maximum atomic E-state index is 5.28. The van der Waals surface area contributed by atoms with Crippen LogP contribution in [0.1, 0.15) is 17.2 Å². The van der Waals surface area contributed by atoms with Crippen LogP contribution < -0.4 is 5.32 Å². The Kier molecular flexibility index (Phi) is 5.50. The van der Waals surface area contributed by atoms with Gasteiger partial charge in [-0.2, -0.15) is 0 Å². The molecule has 19 heavy (non-hydrogen) atoms. The lowest BCUT2D eigenvalue weighted by molar-refractivity contribution is 0.199. The Bertz CT molecular complexity index is 496. The van der Waals surface area contributed by atoms with Crippen LogP contribution in [-0.2, 0) is 11.2 Å². The molecule has 2 rings (SSSR count). The SMILES string of the molecule is COCCNCCCc1nnc(-c2coc(C)c2)s1. The number of furan rings is 1. The van der Waals surface area contributed by atoms with Gasteiger partial charge in [-0.25, -0.2) is 0 Å². The van der Waals surface area contributed by atoms with Crippen LogP contribution in [0.2, 0.25) is 0 Å². The zero-order valence-corrected chi connectivity index (χ0v) is 12.1. The Hall–Kier alpha value is -1.24. The maximum Gasteiger partial charge on any atom is 0.151 e. The molecule has 0 aromatic carbocycles. The van der Waals surface area contributed by atoms with E-state index in [1.54, 1.807) is 24.7 Å². The highest BCUT2D eigenvalue weighted by Crippen LogP contribution is 2.25. The van der Waals surface area contributed by atoms with Crippen LogP contribution in [0.5, 0.6) is 0 Å². The molecule has 0 unspecified atom stereocenters. The van der Waals surface area contributed by atoms with Crippen molar-refractivity contribution in [2.24, 2.45) is 0 Å². The molecule has 104 valence electrons. The highest BCUT2D eigenvalue weighted by molar-refractivity contribution is 7.14. The quantitative estimate of drug-likeness (QED) is 0.752. The molecule has 0 spiro atoms. The average molecular weight is 281 g/mol. The van der Waals surface area contributed by atoms with Crippen molar-refractivity contribution in [2.75, 3.05) is 26.8 Å². The maximum absolute atomic E-state index is 5.28. The minimum absolute atomic E-state index is 0.753. The van der Waals surface area contributed by atoms with E-state index in [1.165, 1.54) is 0 Å². The van der Waals surface area contributed by atoms with Gasteiger partial charge in [0.05, 0.1) is 12.2 Å². The average Bonchev–Trinajstić information content (AvgIpc) is 3.02. The molecule has 0 aliphatic carbocycles. The Labute approximate surface area is 117 Å². The largest absolute Gasteiger partial charge is 0.469 e. The Balaban J connectivity index is 1.75. The number of hydrogen-bond acceptors (Lipinski definition) is 6. The fourth-order valence-electron chi connectivity index (χ4n) is 1.69. The Morgan fingerprint density at radius 3 is 3.00 bits per heavy atom. The van der Waals surface area contributed by atoms with Crippen molar-refractivity contribution in [3.05, 3.63) is 23.1 Å². The molecule has 2 aromatic rings.